The van der Waals surface area contributed by atoms with Gasteiger partial charge in [0.1, 0.15) is 5.75 Å². The molecule has 0 saturated carbocycles. The Morgan fingerprint density at radius 1 is 1.35 bits per heavy atom. The van der Waals surface area contributed by atoms with Crippen molar-refractivity contribution < 1.29 is 9.90 Å². The third-order valence-electron chi connectivity index (χ3n) is 3.63. The number of aromatic nitrogens is 1. The lowest BCUT2D eigenvalue weighted by Crippen LogP contribution is -2.35. The molecule has 0 aliphatic carbocycles. The Bertz CT molecular complexity index is 667. The Morgan fingerprint density at radius 3 is 3.00 bits per heavy atom. The fraction of sp³-hybridized carbons (Fsp3) is 0.250. The summed E-state index contributed by atoms with van der Waals surface area (Å²) in [4.78, 5) is 18.2. The predicted octanol–water partition coefficient (Wildman–Crippen LogP) is 2.69. The number of aryl methyl sites for hydroxylation is 2. The van der Waals surface area contributed by atoms with Crippen LogP contribution in [0.5, 0.6) is 5.75 Å². The third-order valence-corrected chi connectivity index (χ3v) is 3.63. The van der Waals surface area contributed by atoms with Gasteiger partial charge in [0.25, 0.3) is 5.91 Å². The zero-order chi connectivity index (χ0) is 14.1. The predicted molar refractivity (Wildman–Crippen MR) is 77.1 cm³/mol. The summed E-state index contributed by atoms with van der Waals surface area (Å²) >= 11 is 0. The van der Waals surface area contributed by atoms with E-state index in [1.807, 2.05) is 12.1 Å². The van der Waals surface area contributed by atoms with Crippen molar-refractivity contribution in [3.63, 3.8) is 0 Å². The smallest absolute Gasteiger partial charge is 0.262 e. The maximum atomic E-state index is 12.6. The molecule has 0 bridgehead atoms. The summed E-state index contributed by atoms with van der Waals surface area (Å²) in [6.07, 6.45) is 4.75. The SMILES string of the molecule is Cc1ccc2c(c1)CCCN2C(=O)c1ccncc1O. The number of fused-ring (bicyclic) bond motifs is 1. The van der Waals surface area contributed by atoms with Crippen LogP contribution in [0.25, 0.3) is 0 Å². The third kappa shape index (κ3) is 2.13. The minimum absolute atomic E-state index is 0.0725. The minimum Gasteiger partial charge on any atom is -0.505 e. The summed E-state index contributed by atoms with van der Waals surface area (Å²) in [5.74, 6) is -0.244. The molecule has 0 radical (unpaired) electrons. The molecule has 1 N–H and O–H groups in total. The van der Waals surface area contributed by atoms with Gasteiger partial charge in [-0.05, 0) is 37.5 Å². The van der Waals surface area contributed by atoms with Gasteiger partial charge in [-0.25, -0.2) is 0 Å². The molecule has 0 atom stereocenters. The van der Waals surface area contributed by atoms with Gasteiger partial charge >= 0.3 is 0 Å². The number of hydrogen-bond donors (Lipinski definition) is 1. The van der Waals surface area contributed by atoms with Crippen molar-refractivity contribution in [1.82, 2.24) is 4.98 Å². The number of hydrogen-bond acceptors (Lipinski definition) is 3. The van der Waals surface area contributed by atoms with E-state index in [9.17, 15) is 9.90 Å². The van der Waals surface area contributed by atoms with Gasteiger partial charge in [0.2, 0.25) is 0 Å². The largest absolute Gasteiger partial charge is 0.505 e. The van der Waals surface area contributed by atoms with E-state index >= 15 is 0 Å². The van der Waals surface area contributed by atoms with Crippen LogP contribution in [0.1, 0.15) is 27.9 Å². The number of amides is 1. The second-order valence-electron chi connectivity index (χ2n) is 5.09. The molecule has 4 heteroatoms. The van der Waals surface area contributed by atoms with E-state index in [0.29, 0.717) is 12.1 Å². The van der Waals surface area contributed by atoms with Gasteiger partial charge < -0.3 is 10.0 Å². The highest BCUT2D eigenvalue weighted by Crippen LogP contribution is 2.30. The number of benzene rings is 1. The van der Waals surface area contributed by atoms with Gasteiger partial charge in [-0.1, -0.05) is 17.7 Å². The summed E-state index contributed by atoms with van der Waals surface area (Å²) in [5, 5.41) is 9.79. The highest BCUT2D eigenvalue weighted by atomic mass is 16.3. The number of rotatable bonds is 1. The monoisotopic (exact) mass is 268 g/mol. The minimum atomic E-state index is -0.172. The lowest BCUT2D eigenvalue weighted by molar-refractivity contribution is 0.0982. The van der Waals surface area contributed by atoms with Crippen molar-refractivity contribution in [2.24, 2.45) is 0 Å². The highest BCUT2D eigenvalue weighted by molar-refractivity contribution is 6.08. The van der Waals surface area contributed by atoms with E-state index in [1.54, 1.807) is 11.0 Å². The molecule has 0 fully saturated rings. The number of aromatic hydroxyl groups is 1. The molecule has 20 heavy (non-hydrogen) atoms. The Morgan fingerprint density at radius 2 is 2.20 bits per heavy atom. The van der Waals surface area contributed by atoms with Gasteiger partial charge in [-0.2, -0.15) is 0 Å². The first-order valence-electron chi connectivity index (χ1n) is 6.71. The van der Waals surface area contributed by atoms with Crippen molar-refractivity contribution in [2.75, 3.05) is 11.4 Å². The van der Waals surface area contributed by atoms with Crippen LogP contribution in [0.2, 0.25) is 0 Å². The molecule has 2 aromatic rings. The lowest BCUT2D eigenvalue weighted by atomic mass is 9.99. The van der Waals surface area contributed by atoms with Crippen LogP contribution in [-0.2, 0) is 6.42 Å². The number of pyridine rings is 1. The molecule has 1 amide bonds. The molecule has 1 aromatic carbocycles. The molecule has 2 heterocycles. The highest BCUT2D eigenvalue weighted by Gasteiger charge is 2.25. The van der Waals surface area contributed by atoms with Crippen molar-refractivity contribution in [3.05, 3.63) is 53.3 Å². The van der Waals surface area contributed by atoms with Crippen molar-refractivity contribution in [3.8, 4) is 5.75 Å². The van der Waals surface area contributed by atoms with E-state index in [-0.39, 0.29) is 11.7 Å². The van der Waals surface area contributed by atoms with Crippen molar-refractivity contribution in [2.45, 2.75) is 19.8 Å². The Labute approximate surface area is 117 Å². The maximum absolute atomic E-state index is 12.6. The van der Waals surface area contributed by atoms with Crippen LogP contribution < -0.4 is 4.90 Å². The average Bonchev–Trinajstić information content (AvgIpc) is 2.46. The molecule has 0 unspecified atom stereocenters. The Hall–Kier alpha value is -2.36. The number of anilines is 1. The Balaban J connectivity index is 2.01. The number of nitrogens with zero attached hydrogens (tertiary/aromatic N) is 2. The lowest BCUT2D eigenvalue weighted by Gasteiger charge is -2.30. The summed E-state index contributed by atoms with van der Waals surface area (Å²) in [6, 6.07) is 7.68. The number of carbonyl (C=O) groups excluding carboxylic acids is 1. The van der Waals surface area contributed by atoms with Crippen LogP contribution in [0.4, 0.5) is 5.69 Å². The summed E-state index contributed by atoms with van der Waals surface area (Å²) < 4.78 is 0. The molecular formula is C16H16N2O2. The van der Waals surface area contributed by atoms with Gasteiger partial charge in [0.05, 0.1) is 11.8 Å². The first kappa shape index (κ1) is 12.7. The molecule has 0 spiro atoms. The van der Waals surface area contributed by atoms with Crippen LogP contribution in [0.3, 0.4) is 0 Å². The second kappa shape index (κ2) is 4.96. The van der Waals surface area contributed by atoms with Gasteiger partial charge in [0, 0.05) is 18.4 Å². The summed E-state index contributed by atoms with van der Waals surface area (Å²) in [7, 11) is 0. The van der Waals surface area contributed by atoms with Crippen LogP contribution in [0.15, 0.2) is 36.7 Å². The molecule has 0 saturated heterocycles. The van der Waals surface area contributed by atoms with Crippen LogP contribution >= 0.6 is 0 Å². The van der Waals surface area contributed by atoms with E-state index in [1.165, 1.54) is 23.5 Å². The molecular weight excluding hydrogens is 252 g/mol. The van der Waals surface area contributed by atoms with Crippen LogP contribution in [0, 0.1) is 6.92 Å². The van der Waals surface area contributed by atoms with Crippen molar-refractivity contribution >= 4 is 11.6 Å². The van der Waals surface area contributed by atoms with Crippen LogP contribution in [-0.4, -0.2) is 22.5 Å². The normalized spacial score (nSPS) is 13.9. The van der Waals surface area contributed by atoms with Gasteiger partial charge in [0.15, 0.2) is 0 Å². The molecule has 4 nitrogen and oxygen atoms in total. The molecule has 1 aromatic heterocycles. The summed E-state index contributed by atoms with van der Waals surface area (Å²) in [5.41, 5.74) is 3.64. The first-order valence-corrected chi connectivity index (χ1v) is 6.71. The molecule has 3 rings (SSSR count). The topological polar surface area (TPSA) is 53.4 Å². The van der Waals surface area contributed by atoms with E-state index in [4.69, 9.17) is 0 Å². The molecule has 102 valence electrons. The van der Waals surface area contributed by atoms with E-state index < -0.39 is 0 Å². The standard InChI is InChI=1S/C16H16N2O2/c1-11-4-5-14-12(9-11)3-2-8-18(14)16(20)13-6-7-17-10-15(13)19/h4-7,9-10,19H,2-3,8H2,1H3. The summed E-state index contributed by atoms with van der Waals surface area (Å²) in [6.45, 7) is 2.73. The second-order valence-corrected chi connectivity index (χ2v) is 5.09. The zero-order valence-corrected chi connectivity index (χ0v) is 11.3. The first-order chi connectivity index (χ1) is 9.66. The molecule has 1 aliphatic heterocycles. The molecule has 1 aliphatic rings. The maximum Gasteiger partial charge on any atom is 0.262 e. The van der Waals surface area contributed by atoms with Crippen molar-refractivity contribution in [1.29, 1.82) is 0 Å². The quantitative estimate of drug-likeness (QED) is 0.865. The van der Waals surface area contributed by atoms with E-state index in [0.717, 1.165) is 18.5 Å². The van der Waals surface area contributed by atoms with E-state index in [2.05, 4.69) is 18.0 Å². The van der Waals surface area contributed by atoms with Gasteiger partial charge in [-0.15, -0.1) is 0 Å². The fourth-order valence-corrected chi connectivity index (χ4v) is 2.65. The Kier molecular flexibility index (Phi) is 3.14. The average molecular weight is 268 g/mol. The fourth-order valence-electron chi connectivity index (χ4n) is 2.65. The zero-order valence-electron chi connectivity index (χ0n) is 11.3. The number of carbonyl (C=O) groups is 1. The van der Waals surface area contributed by atoms with Gasteiger partial charge in [-0.3, -0.25) is 9.78 Å².